The van der Waals surface area contributed by atoms with Gasteiger partial charge in [-0.3, -0.25) is 4.79 Å². The van der Waals surface area contributed by atoms with Crippen LogP contribution in [0.15, 0.2) is 36.8 Å². The molecule has 1 aliphatic rings. The lowest BCUT2D eigenvalue weighted by Crippen LogP contribution is -2.49. The number of amides is 1. The Morgan fingerprint density at radius 2 is 1.79 bits per heavy atom. The van der Waals surface area contributed by atoms with Crippen LogP contribution in [0, 0.1) is 0 Å². The molecule has 0 unspecified atom stereocenters. The topological polar surface area (TPSA) is 74.2 Å². The van der Waals surface area contributed by atoms with E-state index < -0.39 is 0 Å². The summed E-state index contributed by atoms with van der Waals surface area (Å²) in [4.78, 5) is 28.7. The minimum absolute atomic E-state index is 0.130. The lowest BCUT2D eigenvalue weighted by atomic mass is 10.2. The van der Waals surface area contributed by atoms with E-state index in [1.807, 2.05) is 17.0 Å². The van der Waals surface area contributed by atoms with E-state index in [-0.39, 0.29) is 5.91 Å². The van der Waals surface area contributed by atoms with E-state index >= 15 is 0 Å². The molecule has 24 heavy (non-hydrogen) atoms. The lowest BCUT2D eigenvalue weighted by Gasteiger charge is -2.35. The van der Waals surface area contributed by atoms with Crippen LogP contribution < -0.4 is 10.2 Å². The third kappa shape index (κ3) is 4.11. The van der Waals surface area contributed by atoms with Crippen LogP contribution in [0.3, 0.4) is 0 Å². The van der Waals surface area contributed by atoms with Crippen LogP contribution in [0.5, 0.6) is 0 Å². The molecule has 7 nitrogen and oxygen atoms in total. The summed E-state index contributed by atoms with van der Waals surface area (Å²) in [6, 6.07) is 5.40. The Labute approximate surface area is 145 Å². The van der Waals surface area contributed by atoms with Gasteiger partial charge in [-0.05, 0) is 18.2 Å². The van der Waals surface area contributed by atoms with Gasteiger partial charge in [-0.2, -0.15) is 0 Å². The van der Waals surface area contributed by atoms with Crippen molar-refractivity contribution in [3.63, 3.8) is 0 Å². The van der Waals surface area contributed by atoms with Crippen molar-refractivity contribution in [2.45, 2.75) is 6.42 Å². The van der Waals surface area contributed by atoms with E-state index in [2.05, 4.69) is 25.2 Å². The first-order valence-corrected chi connectivity index (χ1v) is 8.26. The molecule has 2 aromatic rings. The zero-order chi connectivity index (χ0) is 16.8. The molecule has 0 radical (unpaired) electrons. The van der Waals surface area contributed by atoms with Crippen LogP contribution >= 0.6 is 11.6 Å². The summed E-state index contributed by atoms with van der Waals surface area (Å²) < 4.78 is 0. The van der Waals surface area contributed by atoms with Crippen LogP contribution in [0.1, 0.15) is 6.42 Å². The van der Waals surface area contributed by atoms with E-state index in [4.69, 9.17) is 11.6 Å². The number of rotatable bonds is 5. The molecular formula is C16H19ClN6O. The summed E-state index contributed by atoms with van der Waals surface area (Å²) >= 11 is 6.18. The number of nitrogens with one attached hydrogen (secondary N) is 1. The molecule has 1 fully saturated rings. The van der Waals surface area contributed by atoms with E-state index in [9.17, 15) is 4.79 Å². The van der Waals surface area contributed by atoms with E-state index in [1.165, 1.54) is 0 Å². The zero-order valence-corrected chi connectivity index (χ0v) is 14.0. The highest BCUT2D eigenvalue weighted by molar-refractivity contribution is 6.32. The number of nitrogens with zero attached hydrogens (tertiary/aromatic N) is 5. The van der Waals surface area contributed by atoms with Gasteiger partial charge in [-0.25, -0.2) is 15.0 Å². The highest BCUT2D eigenvalue weighted by Gasteiger charge is 2.22. The second-order valence-electron chi connectivity index (χ2n) is 5.43. The molecule has 1 amide bonds. The van der Waals surface area contributed by atoms with E-state index in [0.29, 0.717) is 37.0 Å². The maximum absolute atomic E-state index is 12.3. The quantitative estimate of drug-likeness (QED) is 0.887. The van der Waals surface area contributed by atoms with Crippen molar-refractivity contribution in [1.82, 2.24) is 19.9 Å². The monoisotopic (exact) mass is 346 g/mol. The highest BCUT2D eigenvalue weighted by atomic mass is 35.5. The summed E-state index contributed by atoms with van der Waals surface area (Å²) in [5, 5.41) is 3.69. The van der Waals surface area contributed by atoms with Crippen molar-refractivity contribution in [3.05, 3.63) is 41.8 Å². The standard InChI is InChI=1S/C16H19ClN6O/c17-13-3-1-5-18-15(13)23-11-9-22(10-12-23)14(24)4-8-21-16-19-6-2-7-20-16/h1-3,5-7H,4,8-12H2,(H,19,20,21). The van der Waals surface area contributed by atoms with Crippen molar-refractivity contribution in [2.24, 2.45) is 0 Å². The fourth-order valence-corrected chi connectivity index (χ4v) is 2.85. The third-order valence-corrected chi connectivity index (χ3v) is 4.15. The largest absolute Gasteiger partial charge is 0.354 e. The Balaban J connectivity index is 1.44. The summed E-state index contributed by atoms with van der Waals surface area (Å²) in [6.45, 7) is 3.34. The first-order chi connectivity index (χ1) is 11.7. The van der Waals surface area contributed by atoms with Crippen LogP contribution in [0.2, 0.25) is 5.02 Å². The number of aromatic nitrogens is 3. The summed E-state index contributed by atoms with van der Waals surface area (Å²) in [7, 11) is 0. The number of hydrogen-bond acceptors (Lipinski definition) is 6. The molecule has 8 heteroatoms. The molecule has 0 saturated carbocycles. The Kier molecular flexibility index (Phi) is 5.43. The number of halogens is 1. The third-order valence-electron chi connectivity index (χ3n) is 3.86. The highest BCUT2D eigenvalue weighted by Crippen LogP contribution is 2.23. The van der Waals surface area contributed by atoms with Gasteiger partial charge in [0.25, 0.3) is 0 Å². The first kappa shape index (κ1) is 16.4. The van der Waals surface area contributed by atoms with E-state index in [1.54, 1.807) is 24.7 Å². The normalized spacial score (nSPS) is 14.5. The van der Waals surface area contributed by atoms with Gasteiger partial charge in [0, 0.05) is 57.7 Å². The van der Waals surface area contributed by atoms with Gasteiger partial charge in [-0.1, -0.05) is 11.6 Å². The van der Waals surface area contributed by atoms with Crippen LogP contribution in [-0.4, -0.2) is 58.5 Å². The molecule has 1 aliphatic heterocycles. The Morgan fingerprint density at radius 1 is 1.08 bits per heavy atom. The maximum Gasteiger partial charge on any atom is 0.224 e. The molecule has 0 bridgehead atoms. The minimum atomic E-state index is 0.130. The van der Waals surface area contributed by atoms with Gasteiger partial charge in [0.05, 0.1) is 5.02 Å². The fourth-order valence-electron chi connectivity index (χ4n) is 2.61. The van der Waals surface area contributed by atoms with Crippen molar-refractivity contribution in [2.75, 3.05) is 42.9 Å². The number of carbonyl (C=O) groups is 1. The zero-order valence-electron chi connectivity index (χ0n) is 13.2. The average Bonchev–Trinajstić information content (AvgIpc) is 2.63. The Bertz CT molecular complexity index is 675. The molecule has 0 atom stereocenters. The molecular weight excluding hydrogens is 328 g/mol. The number of piperazine rings is 1. The van der Waals surface area contributed by atoms with Gasteiger partial charge in [-0.15, -0.1) is 0 Å². The summed E-state index contributed by atoms with van der Waals surface area (Å²) in [5.41, 5.74) is 0. The molecule has 3 heterocycles. The molecule has 126 valence electrons. The lowest BCUT2D eigenvalue weighted by molar-refractivity contribution is -0.131. The second-order valence-corrected chi connectivity index (χ2v) is 5.83. The molecule has 3 rings (SSSR count). The molecule has 0 aromatic carbocycles. The van der Waals surface area contributed by atoms with Crippen LogP contribution in [0.4, 0.5) is 11.8 Å². The van der Waals surface area contributed by atoms with Gasteiger partial charge in [0.2, 0.25) is 11.9 Å². The number of carbonyl (C=O) groups excluding carboxylic acids is 1. The van der Waals surface area contributed by atoms with Crippen LogP contribution in [-0.2, 0) is 4.79 Å². The van der Waals surface area contributed by atoms with Crippen LogP contribution in [0.25, 0.3) is 0 Å². The van der Waals surface area contributed by atoms with Crippen molar-refractivity contribution in [1.29, 1.82) is 0 Å². The van der Waals surface area contributed by atoms with Crippen molar-refractivity contribution < 1.29 is 4.79 Å². The minimum Gasteiger partial charge on any atom is -0.354 e. The van der Waals surface area contributed by atoms with Crippen molar-refractivity contribution in [3.8, 4) is 0 Å². The summed E-state index contributed by atoms with van der Waals surface area (Å²) in [5.74, 6) is 1.46. The van der Waals surface area contributed by atoms with Gasteiger partial charge in [0.1, 0.15) is 5.82 Å². The molecule has 1 saturated heterocycles. The van der Waals surface area contributed by atoms with E-state index in [0.717, 1.165) is 18.9 Å². The number of pyridine rings is 1. The van der Waals surface area contributed by atoms with Gasteiger partial charge >= 0.3 is 0 Å². The van der Waals surface area contributed by atoms with Gasteiger partial charge < -0.3 is 15.1 Å². The fraction of sp³-hybridized carbons (Fsp3) is 0.375. The predicted molar refractivity (Wildman–Crippen MR) is 93.2 cm³/mol. The Morgan fingerprint density at radius 3 is 2.50 bits per heavy atom. The predicted octanol–water partition coefficient (Wildman–Crippen LogP) is 1.68. The smallest absolute Gasteiger partial charge is 0.224 e. The first-order valence-electron chi connectivity index (χ1n) is 7.88. The number of anilines is 2. The van der Waals surface area contributed by atoms with Gasteiger partial charge in [0.15, 0.2) is 0 Å². The Hall–Kier alpha value is -2.41. The molecule has 0 aliphatic carbocycles. The van der Waals surface area contributed by atoms with Crippen molar-refractivity contribution >= 4 is 29.3 Å². The maximum atomic E-state index is 12.3. The summed E-state index contributed by atoms with van der Waals surface area (Å²) in [6.07, 6.45) is 5.48. The SMILES string of the molecule is O=C(CCNc1ncccn1)N1CCN(c2ncccc2Cl)CC1. The number of hydrogen-bond donors (Lipinski definition) is 1. The molecule has 0 spiro atoms. The molecule has 1 N–H and O–H groups in total. The average molecular weight is 347 g/mol. The second kappa shape index (κ2) is 7.92. The molecule has 2 aromatic heterocycles.